The molecule has 4 nitrogen and oxygen atoms in total. The zero-order chi connectivity index (χ0) is 17.9. The Kier molecular flexibility index (Phi) is 4.27. The van der Waals surface area contributed by atoms with Crippen LogP contribution < -0.4 is 5.43 Å². The molecule has 0 saturated carbocycles. The SMILES string of the molecule is CCc1ccc2c(c1)C(c1cccnc1)=NNC(c1ccc(F)cc1)=N2. The molecule has 0 radical (unpaired) electrons. The molecule has 0 atom stereocenters. The second kappa shape index (κ2) is 6.88. The summed E-state index contributed by atoms with van der Waals surface area (Å²) in [6.45, 7) is 2.12. The van der Waals surface area contributed by atoms with Crippen molar-refractivity contribution in [1.29, 1.82) is 0 Å². The van der Waals surface area contributed by atoms with Crippen molar-refractivity contribution < 1.29 is 4.39 Å². The van der Waals surface area contributed by atoms with Gasteiger partial charge in [0.05, 0.1) is 5.69 Å². The third-order valence-corrected chi connectivity index (χ3v) is 4.28. The first-order valence-corrected chi connectivity index (χ1v) is 8.46. The van der Waals surface area contributed by atoms with E-state index in [2.05, 4.69) is 34.6 Å². The monoisotopic (exact) mass is 344 g/mol. The molecule has 1 aliphatic heterocycles. The van der Waals surface area contributed by atoms with Crippen molar-refractivity contribution in [3.05, 3.63) is 95.1 Å². The van der Waals surface area contributed by atoms with E-state index in [1.807, 2.05) is 18.2 Å². The van der Waals surface area contributed by atoms with Gasteiger partial charge in [0.2, 0.25) is 0 Å². The van der Waals surface area contributed by atoms with Gasteiger partial charge in [0.25, 0.3) is 0 Å². The van der Waals surface area contributed by atoms with E-state index in [0.29, 0.717) is 5.84 Å². The van der Waals surface area contributed by atoms with Gasteiger partial charge in [0, 0.05) is 29.1 Å². The standard InChI is InChI=1S/C21H17FN4/c1-2-14-5-10-19-18(12-14)20(16-4-3-11-23-13-16)25-26-21(24-19)15-6-8-17(22)9-7-15/h3-13H,2H2,1H3,(H,24,26). The van der Waals surface area contributed by atoms with E-state index in [1.165, 1.54) is 17.7 Å². The summed E-state index contributed by atoms with van der Waals surface area (Å²) in [5.74, 6) is 0.296. The average molecular weight is 344 g/mol. The van der Waals surface area contributed by atoms with E-state index in [4.69, 9.17) is 4.99 Å². The van der Waals surface area contributed by atoms with Gasteiger partial charge in [0.1, 0.15) is 11.5 Å². The molecule has 4 rings (SSSR count). The largest absolute Gasteiger partial charge is 0.264 e. The van der Waals surface area contributed by atoms with E-state index in [0.717, 1.165) is 34.5 Å². The number of aliphatic imine (C=N–C) groups is 1. The molecule has 0 bridgehead atoms. The van der Waals surface area contributed by atoms with Crippen LogP contribution in [0.3, 0.4) is 0 Å². The fourth-order valence-corrected chi connectivity index (χ4v) is 2.86. The van der Waals surface area contributed by atoms with Crippen molar-refractivity contribution in [3.63, 3.8) is 0 Å². The normalized spacial score (nSPS) is 13.2. The zero-order valence-corrected chi connectivity index (χ0v) is 14.3. The predicted octanol–water partition coefficient (Wildman–Crippen LogP) is 4.22. The summed E-state index contributed by atoms with van der Waals surface area (Å²) in [7, 11) is 0. The molecule has 128 valence electrons. The predicted molar refractivity (Wildman–Crippen MR) is 101 cm³/mol. The molecule has 1 aliphatic rings. The number of rotatable bonds is 3. The number of benzene rings is 2. The second-order valence-electron chi connectivity index (χ2n) is 5.99. The highest BCUT2D eigenvalue weighted by Crippen LogP contribution is 2.27. The molecule has 0 aliphatic carbocycles. The van der Waals surface area contributed by atoms with Crippen LogP contribution in [0.4, 0.5) is 10.1 Å². The van der Waals surface area contributed by atoms with Gasteiger partial charge < -0.3 is 0 Å². The van der Waals surface area contributed by atoms with Crippen LogP contribution in [0.1, 0.15) is 29.2 Å². The third kappa shape index (κ3) is 3.11. The molecule has 2 heterocycles. The number of nitrogens with zero attached hydrogens (tertiary/aromatic N) is 3. The lowest BCUT2D eigenvalue weighted by Crippen LogP contribution is -2.19. The Bertz CT molecular complexity index is 992. The number of fused-ring (bicyclic) bond motifs is 1. The van der Waals surface area contributed by atoms with E-state index in [-0.39, 0.29) is 5.82 Å². The first-order chi connectivity index (χ1) is 12.7. The number of amidine groups is 1. The van der Waals surface area contributed by atoms with Crippen LogP contribution in [0.15, 0.2) is 77.1 Å². The molecule has 0 spiro atoms. The smallest absolute Gasteiger partial charge is 0.154 e. The average Bonchev–Trinajstić information content (AvgIpc) is 2.88. The Balaban J connectivity index is 1.87. The minimum absolute atomic E-state index is 0.282. The third-order valence-electron chi connectivity index (χ3n) is 4.28. The highest BCUT2D eigenvalue weighted by Gasteiger charge is 2.17. The van der Waals surface area contributed by atoms with E-state index in [9.17, 15) is 4.39 Å². The number of aromatic nitrogens is 1. The number of nitrogens with one attached hydrogen (secondary N) is 1. The first kappa shape index (κ1) is 16.1. The Morgan fingerprint density at radius 1 is 1.00 bits per heavy atom. The summed E-state index contributed by atoms with van der Waals surface area (Å²) < 4.78 is 13.2. The molecule has 2 aromatic carbocycles. The molecule has 0 fully saturated rings. The van der Waals surface area contributed by atoms with Gasteiger partial charge >= 0.3 is 0 Å². The molecule has 0 amide bonds. The van der Waals surface area contributed by atoms with Crippen molar-refractivity contribution in [2.75, 3.05) is 0 Å². The first-order valence-electron chi connectivity index (χ1n) is 8.46. The Morgan fingerprint density at radius 3 is 2.58 bits per heavy atom. The molecular formula is C21H17FN4. The summed E-state index contributed by atoms with van der Waals surface area (Å²) in [5.41, 5.74) is 8.47. The van der Waals surface area contributed by atoms with E-state index < -0.39 is 0 Å². The summed E-state index contributed by atoms with van der Waals surface area (Å²) in [4.78, 5) is 8.94. The maximum Gasteiger partial charge on any atom is 0.154 e. The van der Waals surface area contributed by atoms with Gasteiger partial charge in [-0.3, -0.25) is 10.4 Å². The number of hydrogen-bond donors (Lipinski definition) is 1. The van der Waals surface area contributed by atoms with Crippen LogP contribution in [0.25, 0.3) is 0 Å². The second-order valence-corrected chi connectivity index (χ2v) is 5.99. The van der Waals surface area contributed by atoms with Crippen LogP contribution in [0, 0.1) is 5.82 Å². The van der Waals surface area contributed by atoms with E-state index >= 15 is 0 Å². The molecule has 1 N–H and O–H groups in total. The Morgan fingerprint density at radius 2 is 1.85 bits per heavy atom. The van der Waals surface area contributed by atoms with Crippen molar-refractivity contribution >= 4 is 17.2 Å². The lowest BCUT2D eigenvalue weighted by Gasteiger charge is -2.09. The van der Waals surface area contributed by atoms with Crippen LogP contribution in [0.5, 0.6) is 0 Å². The minimum Gasteiger partial charge on any atom is -0.264 e. The maximum atomic E-state index is 13.2. The molecule has 26 heavy (non-hydrogen) atoms. The highest BCUT2D eigenvalue weighted by molar-refractivity contribution is 6.17. The van der Waals surface area contributed by atoms with Gasteiger partial charge in [0.15, 0.2) is 5.84 Å². The minimum atomic E-state index is -0.282. The number of hydrogen-bond acceptors (Lipinski definition) is 4. The maximum absolute atomic E-state index is 13.2. The summed E-state index contributed by atoms with van der Waals surface area (Å²) >= 11 is 0. The summed E-state index contributed by atoms with van der Waals surface area (Å²) in [6, 6.07) is 16.2. The molecule has 0 unspecified atom stereocenters. The molecule has 1 aromatic heterocycles. The molecular weight excluding hydrogens is 327 g/mol. The molecule has 3 aromatic rings. The van der Waals surface area contributed by atoms with Gasteiger partial charge in [-0.15, -0.1) is 0 Å². The van der Waals surface area contributed by atoms with E-state index in [1.54, 1.807) is 24.5 Å². The van der Waals surface area contributed by atoms with Crippen molar-refractivity contribution in [1.82, 2.24) is 10.4 Å². The van der Waals surface area contributed by atoms with Crippen LogP contribution in [0.2, 0.25) is 0 Å². The van der Waals surface area contributed by atoms with Crippen LogP contribution in [-0.4, -0.2) is 16.5 Å². The van der Waals surface area contributed by atoms with Gasteiger partial charge in [-0.1, -0.05) is 13.0 Å². The van der Waals surface area contributed by atoms with Crippen molar-refractivity contribution in [2.45, 2.75) is 13.3 Å². The number of pyridine rings is 1. The van der Waals surface area contributed by atoms with Crippen LogP contribution in [-0.2, 0) is 6.42 Å². The van der Waals surface area contributed by atoms with Crippen LogP contribution >= 0.6 is 0 Å². The quantitative estimate of drug-likeness (QED) is 0.773. The summed E-state index contributed by atoms with van der Waals surface area (Å²) in [6.07, 6.45) is 4.44. The van der Waals surface area contributed by atoms with Gasteiger partial charge in [-0.05, 0) is 60.5 Å². The number of aryl methyl sites for hydroxylation is 1. The topological polar surface area (TPSA) is 49.6 Å². The van der Waals surface area contributed by atoms with Crippen molar-refractivity contribution in [3.8, 4) is 0 Å². The molecule has 0 saturated heterocycles. The van der Waals surface area contributed by atoms with Crippen molar-refractivity contribution in [2.24, 2.45) is 10.1 Å². The lowest BCUT2D eigenvalue weighted by molar-refractivity contribution is 0.627. The van der Waals surface area contributed by atoms with Gasteiger partial charge in [-0.2, -0.15) is 5.10 Å². The highest BCUT2D eigenvalue weighted by atomic mass is 19.1. The Hall–Kier alpha value is -3.34. The fourth-order valence-electron chi connectivity index (χ4n) is 2.86. The number of hydrazone groups is 1. The molecule has 5 heteroatoms. The Labute approximate surface area is 151 Å². The van der Waals surface area contributed by atoms with Gasteiger partial charge in [-0.25, -0.2) is 9.38 Å². The summed E-state index contributed by atoms with van der Waals surface area (Å²) in [5, 5.41) is 4.59. The number of halogens is 1. The zero-order valence-electron chi connectivity index (χ0n) is 14.3. The fraction of sp³-hybridized carbons (Fsp3) is 0.0952. The lowest BCUT2D eigenvalue weighted by atomic mass is 9.99.